The molecule has 1 aromatic rings. The van der Waals surface area contributed by atoms with Gasteiger partial charge in [0.15, 0.2) is 0 Å². The van der Waals surface area contributed by atoms with Crippen LogP contribution in [0.5, 0.6) is 5.75 Å². The van der Waals surface area contributed by atoms with Crippen molar-refractivity contribution in [2.24, 2.45) is 0 Å². The first-order valence-electron chi connectivity index (χ1n) is 5.09. The fraction of sp³-hybridized carbons (Fsp3) is 0.417. The lowest BCUT2D eigenvalue weighted by Crippen LogP contribution is -2.25. The lowest BCUT2D eigenvalue weighted by molar-refractivity contribution is 0.171. The first kappa shape index (κ1) is 12.4. The van der Waals surface area contributed by atoms with Crippen molar-refractivity contribution in [1.29, 1.82) is 0 Å². The summed E-state index contributed by atoms with van der Waals surface area (Å²) in [6.45, 7) is 1.92. The van der Waals surface area contributed by atoms with Crippen LogP contribution < -0.4 is 9.64 Å². The van der Waals surface area contributed by atoms with E-state index in [-0.39, 0.29) is 6.09 Å². The van der Waals surface area contributed by atoms with E-state index in [2.05, 4.69) is 0 Å². The summed E-state index contributed by atoms with van der Waals surface area (Å²) >= 11 is 0. The molecule has 0 aliphatic carbocycles. The first-order valence-corrected chi connectivity index (χ1v) is 5.09. The van der Waals surface area contributed by atoms with Crippen LogP contribution in [0.3, 0.4) is 0 Å². The minimum atomic E-state index is -0.360. The minimum absolute atomic E-state index is 0.360. The van der Waals surface area contributed by atoms with E-state index < -0.39 is 0 Å². The van der Waals surface area contributed by atoms with E-state index in [0.29, 0.717) is 5.75 Å². The highest BCUT2D eigenvalue weighted by molar-refractivity contribution is 5.71. The molecule has 0 bridgehead atoms. The number of hydrogen-bond donors (Lipinski definition) is 0. The predicted octanol–water partition coefficient (Wildman–Crippen LogP) is 2.12. The van der Waals surface area contributed by atoms with Gasteiger partial charge >= 0.3 is 6.09 Å². The average molecular weight is 222 g/mol. The van der Waals surface area contributed by atoms with Crippen molar-refractivity contribution in [1.82, 2.24) is 4.90 Å². The van der Waals surface area contributed by atoms with Gasteiger partial charge in [-0.05, 0) is 30.7 Å². The molecule has 0 saturated carbocycles. The fourth-order valence-electron chi connectivity index (χ4n) is 1.21. The number of ether oxygens (including phenoxy) is 1. The summed E-state index contributed by atoms with van der Waals surface area (Å²) < 4.78 is 5.21. The molecule has 1 aromatic carbocycles. The summed E-state index contributed by atoms with van der Waals surface area (Å²) in [5, 5.41) is 0. The van der Waals surface area contributed by atoms with Crippen molar-refractivity contribution in [2.45, 2.75) is 6.92 Å². The maximum Gasteiger partial charge on any atom is 0.414 e. The van der Waals surface area contributed by atoms with Crippen LogP contribution in [0, 0.1) is 6.92 Å². The van der Waals surface area contributed by atoms with Gasteiger partial charge in [-0.2, -0.15) is 0 Å². The number of anilines is 1. The number of hydrogen-bond acceptors (Lipinski definition) is 3. The van der Waals surface area contributed by atoms with E-state index >= 15 is 0 Å². The Hall–Kier alpha value is -1.71. The third-order valence-corrected chi connectivity index (χ3v) is 2.24. The zero-order valence-electron chi connectivity index (χ0n) is 10.4. The Morgan fingerprint density at radius 3 is 2.25 bits per heavy atom. The third kappa shape index (κ3) is 2.89. The van der Waals surface area contributed by atoms with E-state index in [1.54, 1.807) is 14.1 Å². The molecule has 1 rings (SSSR count). The largest absolute Gasteiger partial charge is 0.414 e. The molecule has 0 spiro atoms. The van der Waals surface area contributed by atoms with Crippen molar-refractivity contribution in [2.75, 3.05) is 33.1 Å². The molecule has 0 aromatic heterocycles. The number of aryl methyl sites for hydroxylation is 1. The minimum Gasteiger partial charge on any atom is -0.410 e. The average Bonchev–Trinajstić information content (AvgIpc) is 2.20. The molecule has 0 unspecified atom stereocenters. The summed E-state index contributed by atoms with van der Waals surface area (Å²) in [5.41, 5.74) is 2.03. The molecular formula is C12H18N2O2. The molecule has 4 nitrogen and oxygen atoms in total. The standard InChI is InChI=1S/C12H18N2O2/c1-9-8-10(13(2)3)6-7-11(9)16-12(15)14(4)5/h6-8H,1-5H3. The summed E-state index contributed by atoms with van der Waals surface area (Å²) in [6, 6.07) is 5.72. The molecule has 0 heterocycles. The topological polar surface area (TPSA) is 32.8 Å². The van der Waals surface area contributed by atoms with Gasteiger partial charge in [-0.25, -0.2) is 4.79 Å². The quantitative estimate of drug-likeness (QED) is 0.768. The Labute approximate surface area is 96.4 Å². The lowest BCUT2D eigenvalue weighted by atomic mass is 10.2. The fourth-order valence-corrected chi connectivity index (χ4v) is 1.21. The highest BCUT2D eigenvalue weighted by Gasteiger charge is 2.09. The molecule has 0 N–H and O–H groups in total. The number of amides is 1. The second-order valence-corrected chi connectivity index (χ2v) is 4.11. The Morgan fingerprint density at radius 2 is 1.81 bits per heavy atom. The van der Waals surface area contributed by atoms with Gasteiger partial charge in [0.05, 0.1) is 0 Å². The zero-order chi connectivity index (χ0) is 12.3. The van der Waals surface area contributed by atoms with Gasteiger partial charge < -0.3 is 14.5 Å². The van der Waals surface area contributed by atoms with E-state index in [0.717, 1.165) is 11.3 Å². The van der Waals surface area contributed by atoms with Gasteiger partial charge in [0, 0.05) is 33.9 Å². The number of rotatable bonds is 2. The molecule has 1 amide bonds. The van der Waals surface area contributed by atoms with Crippen LogP contribution in [0.15, 0.2) is 18.2 Å². The number of nitrogens with zero attached hydrogens (tertiary/aromatic N) is 2. The number of carbonyl (C=O) groups is 1. The Bertz CT molecular complexity index is 387. The van der Waals surface area contributed by atoms with Crippen molar-refractivity contribution in [3.8, 4) is 5.75 Å². The number of carbonyl (C=O) groups excluding carboxylic acids is 1. The molecule has 16 heavy (non-hydrogen) atoms. The van der Waals surface area contributed by atoms with E-state index in [9.17, 15) is 4.79 Å². The SMILES string of the molecule is Cc1cc(N(C)C)ccc1OC(=O)N(C)C. The van der Waals surface area contributed by atoms with E-state index in [1.807, 2.05) is 44.1 Å². The Kier molecular flexibility index (Phi) is 3.77. The van der Waals surface area contributed by atoms with E-state index in [1.165, 1.54) is 4.90 Å². The van der Waals surface area contributed by atoms with Gasteiger partial charge in [0.2, 0.25) is 0 Å². The van der Waals surface area contributed by atoms with Crippen LogP contribution >= 0.6 is 0 Å². The van der Waals surface area contributed by atoms with Gasteiger partial charge in [-0.1, -0.05) is 0 Å². The lowest BCUT2D eigenvalue weighted by Gasteiger charge is -2.16. The maximum absolute atomic E-state index is 11.4. The zero-order valence-corrected chi connectivity index (χ0v) is 10.4. The van der Waals surface area contributed by atoms with Crippen molar-refractivity contribution in [3.63, 3.8) is 0 Å². The Morgan fingerprint density at radius 1 is 1.19 bits per heavy atom. The molecular weight excluding hydrogens is 204 g/mol. The first-order chi connectivity index (χ1) is 7.41. The highest BCUT2D eigenvalue weighted by atomic mass is 16.6. The summed E-state index contributed by atoms with van der Waals surface area (Å²) in [4.78, 5) is 14.8. The van der Waals surface area contributed by atoms with Crippen molar-refractivity contribution >= 4 is 11.8 Å². The summed E-state index contributed by atoms with van der Waals surface area (Å²) in [5.74, 6) is 0.601. The normalized spacial score (nSPS) is 9.81. The summed E-state index contributed by atoms with van der Waals surface area (Å²) in [7, 11) is 7.26. The Balaban J connectivity index is 2.87. The third-order valence-electron chi connectivity index (χ3n) is 2.24. The van der Waals surface area contributed by atoms with Crippen LogP contribution in [-0.4, -0.2) is 39.2 Å². The monoisotopic (exact) mass is 222 g/mol. The molecule has 0 aliphatic heterocycles. The van der Waals surface area contributed by atoms with Gasteiger partial charge in [-0.3, -0.25) is 0 Å². The van der Waals surface area contributed by atoms with Gasteiger partial charge in [0.1, 0.15) is 5.75 Å². The van der Waals surface area contributed by atoms with E-state index in [4.69, 9.17) is 4.74 Å². The van der Waals surface area contributed by atoms with Crippen LogP contribution in [0.25, 0.3) is 0 Å². The van der Waals surface area contributed by atoms with Gasteiger partial charge in [-0.15, -0.1) is 0 Å². The van der Waals surface area contributed by atoms with Crippen LogP contribution in [0.2, 0.25) is 0 Å². The molecule has 0 saturated heterocycles. The molecule has 88 valence electrons. The second-order valence-electron chi connectivity index (χ2n) is 4.11. The molecule has 0 fully saturated rings. The van der Waals surface area contributed by atoms with Gasteiger partial charge in [0.25, 0.3) is 0 Å². The highest BCUT2D eigenvalue weighted by Crippen LogP contribution is 2.23. The molecule has 0 radical (unpaired) electrons. The second kappa shape index (κ2) is 4.88. The van der Waals surface area contributed by atoms with Crippen LogP contribution in [0.4, 0.5) is 10.5 Å². The van der Waals surface area contributed by atoms with Crippen LogP contribution in [-0.2, 0) is 0 Å². The smallest absolute Gasteiger partial charge is 0.410 e. The van der Waals surface area contributed by atoms with Crippen molar-refractivity contribution < 1.29 is 9.53 Å². The predicted molar refractivity (Wildman–Crippen MR) is 65.2 cm³/mol. The molecule has 0 aliphatic rings. The number of benzene rings is 1. The van der Waals surface area contributed by atoms with Crippen molar-refractivity contribution in [3.05, 3.63) is 23.8 Å². The maximum atomic E-state index is 11.4. The molecule has 0 atom stereocenters. The van der Waals surface area contributed by atoms with Crippen LogP contribution in [0.1, 0.15) is 5.56 Å². The molecule has 4 heteroatoms. The summed E-state index contributed by atoms with van der Waals surface area (Å²) in [6.07, 6.45) is -0.360.